The van der Waals surface area contributed by atoms with Crippen molar-refractivity contribution < 1.29 is 13.2 Å². The van der Waals surface area contributed by atoms with Crippen LogP contribution in [-0.4, -0.2) is 57.2 Å². The number of sulfonamides is 1. The number of hydrogen-bond donors (Lipinski definition) is 1. The molecule has 3 fully saturated rings. The van der Waals surface area contributed by atoms with E-state index in [1.807, 2.05) is 4.90 Å². The summed E-state index contributed by atoms with van der Waals surface area (Å²) in [6.07, 6.45) is 5.32. The molecule has 1 N–H and O–H groups in total. The number of benzene rings is 1. The monoisotopic (exact) mass is 413 g/mol. The summed E-state index contributed by atoms with van der Waals surface area (Å²) in [4.78, 5) is 14.7. The molecule has 27 heavy (non-hydrogen) atoms. The third kappa shape index (κ3) is 4.76. The van der Waals surface area contributed by atoms with Crippen molar-refractivity contribution in [2.24, 2.45) is 5.92 Å². The highest BCUT2D eigenvalue weighted by Crippen LogP contribution is 2.28. The topological polar surface area (TPSA) is 69.7 Å². The third-order valence-corrected chi connectivity index (χ3v) is 7.52. The Bertz CT molecular complexity index is 774. The van der Waals surface area contributed by atoms with Gasteiger partial charge >= 0.3 is 0 Å². The Morgan fingerprint density at radius 2 is 1.85 bits per heavy atom. The van der Waals surface area contributed by atoms with Crippen LogP contribution in [0.25, 0.3) is 0 Å². The maximum Gasteiger partial charge on any atom is 0.253 e. The highest BCUT2D eigenvalue weighted by Gasteiger charge is 2.30. The van der Waals surface area contributed by atoms with Gasteiger partial charge in [0.2, 0.25) is 10.0 Å². The summed E-state index contributed by atoms with van der Waals surface area (Å²) in [7, 11) is -3.22. The van der Waals surface area contributed by atoms with E-state index >= 15 is 0 Å². The number of likely N-dealkylation sites (tertiary alicyclic amines) is 1. The molecule has 2 saturated heterocycles. The maximum absolute atomic E-state index is 12.8. The maximum atomic E-state index is 12.8. The summed E-state index contributed by atoms with van der Waals surface area (Å²) < 4.78 is 25.7. The molecule has 2 heterocycles. The standard InChI is InChI=1S/C19H27N3O3S.ClH/c23-19(21-10-7-17(8-11-21)20-14-15-5-6-15)16-3-1-4-18(13-16)22-9-2-12-26(22,24)25;/h1,3-4,13,15,17,20H,2,5-12,14H2;1H. The molecule has 6 nitrogen and oxygen atoms in total. The fourth-order valence-corrected chi connectivity index (χ4v) is 5.40. The average Bonchev–Trinajstić information content (AvgIpc) is 3.41. The molecule has 0 atom stereocenters. The Morgan fingerprint density at radius 3 is 2.48 bits per heavy atom. The van der Waals surface area contributed by atoms with Crippen molar-refractivity contribution in [1.82, 2.24) is 10.2 Å². The van der Waals surface area contributed by atoms with E-state index in [0.29, 0.717) is 30.3 Å². The first kappa shape index (κ1) is 20.4. The molecule has 8 heteroatoms. The number of carbonyl (C=O) groups is 1. The number of halogens is 1. The Hall–Kier alpha value is -1.31. The van der Waals surface area contributed by atoms with Crippen molar-refractivity contribution in [2.75, 3.05) is 36.2 Å². The minimum absolute atomic E-state index is 0. The number of carbonyl (C=O) groups excluding carboxylic acids is 1. The van der Waals surface area contributed by atoms with E-state index < -0.39 is 10.0 Å². The summed E-state index contributed by atoms with van der Waals surface area (Å²) in [5.74, 6) is 1.07. The lowest BCUT2D eigenvalue weighted by Gasteiger charge is -2.32. The van der Waals surface area contributed by atoms with Gasteiger partial charge in [-0.05, 0) is 62.8 Å². The molecule has 1 saturated carbocycles. The summed E-state index contributed by atoms with van der Waals surface area (Å²) in [5.41, 5.74) is 1.18. The zero-order valence-electron chi connectivity index (χ0n) is 15.5. The van der Waals surface area contributed by atoms with Crippen molar-refractivity contribution in [2.45, 2.75) is 38.1 Å². The van der Waals surface area contributed by atoms with Gasteiger partial charge in [-0.1, -0.05) is 6.07 Å². The molecule has 0 aromatic heterocycles. The summed E-state index contributed by atoms with van der Waals surface area (Å²) in [6, 6.07) is 7.57. The van der Waals surface area contributed by atoms with E-state index in [0.717, 1.165) is 38.4 Å². The number of nitrogens with zero attached hydrogens (tertiary/aromatic N) is 2. The normalized spacial score (nSPS) is 22.5. The number of amides is 1. The number of nitrogens with one attached hydrogen (secondary N) is 1. The number of rotatable bonds is 5. The van der Waals surface area contributed by atoms with Crippen molar-refractivity contribution >= 4 is 34.0 Å². The summed E-state index contributed by atoms with van der Waals surface area (Å²) in [6.45, 7) is 3.13. The van der Waals surface area contributed by atoms with Crippen LogP contribution >= 0.6 is 12.4 Å². The van der Waals surface area contributed by atoms with Gasteiger partial charge in [0, 0.05) is 31.2 Å². The van der Waals surface area contributed by atoms with Crippen molar-refractivity contribution in [1.29, 1.82) is 0 Å². The van der Waals surface area contributed by atoms with E-state index in [1.54, 1.807) is 24.3 Å². The van der Waals surface area contributed by atoms with Gasteiger partial charge in [0.15, 0.2) is 0 Å². The number of piperidine rings is 1. The molecule has 1 amide bonds. The minimum Gasteiger partial charge on any atom is -0.339 e. The van der Waals surface area contributed by atoms with Gasteiger partial charge in [-0.25, -0.2) is 8.42 Å². The fraction of sp³-hybridized carbons (Fsp3) is 0.632. The Kier molecular flexibility index (Phi) is 6.33. The molecule has 0 radical (unpaired) electrons. The van der Waals surface area contributed by atoms with Gasteiger partial charge in [0.05, 0.1) is 11.4 Å². The molecule has 3 aliphatic rings. The van der Waals surface area contributed by atoms with Crippen molar-refractivity contribution in [3.8, 4) is 0 Å². The third-order valence-electron chi connectivity index (χ3n) is 5.65. The smallest absolute Gasteiger partial charge is 0.253 e. The molecule has 1 aliphatic carbocycles. The van der Waals surface area contributed by atoms with E-state index in [4.69, 9.17) is 0 Å². The molecular formula is C19H28ClN3O3S. The predicted molar refractivity (Wildman–Crippen MR) is 109 cm³/mol. The Balaban J connectivity index is 0.00000210. The first-order chi connectivity index (χ1) is 12.5. The van der Waals surface area contributed by atoms with Crippen LogP contribution in [0.3, 0.4) is 0 Å². The van der Waals surface area contributed by atoms with E-state index in [9.17, 15) is 13.2 Å². The Morgan fingerprint density at radius 1 is 1.11 bits per heavy atom. The van der Waals surface area contributed by atoms with Gasteiger partial charge in [0.1, 0.15) is 0 Å². The van der Waals surface area contributed by atoms with E-state index in [2.05, 4.69) is 5.32 Å². The quantitative estimate of drug-likeness (QED) is 0.803. The zero-order valence-corrected chi connectivity index (χ0v) is 17.1. The van der Waals surface area contributed by atoms with Gasteiger partial charge in [0.25, 0.3) is 5.91 Å². The van der Waals surface area contributed by atoms with Crippen LogP contribution in [0, 0.1) is 5.92 Å². The highest BCUT2D eigenvalue weighted by atomic mass is 35.5. The van der Waals surface area contributed by atoms with Crippen LogP contribution in [0.15, 0.2) is 24.3 Å². The first-order valence-electron chi connectivity index (χ1n) is 9.66. The SMILES string of the molecule is Cl.O=C(c1cccc(N2CCCS2(=O)=O)c1)N1CCC(NCC2CC2)CC1. The molecule has 0 unspecified atom stereocenters. The van der Waals surface area contributed by atoms with Crippen LogP contribution in [0.2, 0.25) is 0 Å². The largest absolute Gasteiger partial charge is 0.339 e. The summed E-state index contributed by atoms with van der Waals surface area (Å²) >= 11 is 0. The molecular weight excluding hydrogens is 386 g/mol. The lowest BCUT2D eigenvalue weighted by atomic mass is 10.0. The fourth-order valence-electron chi connectivity index (χ4n) is 3.85. The van der Waals surface area contributed by atoms with Gasteiger partial charge in [-0.15, -0.1) is 12.4 Å². The van der Waals surface area contributed by atoms with E-state index in [-0.39, 0.29) is 24.1 Å². The minimum atomic E-state index is -3.22. The number of hydrogen-bond acceptors (Lipinski definition) is 4. The Labute approximate surface area is 167 Å². The zero-order chi connectivity index (χ0) is 18.1. The van der Waals surface area contributed by atoms with Crippen LogP contribution in [0.4, 0.5) is 5.69 Å². The second-order valence-corrected chi connectivity index (χ2v) is 9.72. The molecule has 0 bridgehead atoms. The molecule has 4 rings (SSSR count). The average molecular weight is 414 g/mol. The highest BCUT2D eigenvalue weighted by molar-refractivity contribution is 7.93. The van der Waals surface area contributed by atoms with Crippen LogP contribution in [0.5, 0.6) is 0 Å². The lowest BCUT2D eigenvalue weighted by molar-refractivity contribution is 0.0705. The van der Waals surface area contributed by atoms with Crippen molar-refractivity contribution in [3.05, 3.63) is 29.8 Å². The number of anilines is 1. The lowest BCUT2D eigenvalue weighted by Crippen LogP contribution is -2.45. The van der Waals surface area contributed by atoms with Crippen LogP contribution in [-0.2, 0) is 10.0 Å². The van der Waals surface area contributed by atoms with Gasteiger partial charge in [-0.3, -0.25) is 9.10 Å². The second kappa shape index (κ2) is 8.37. The predicted octanol–water partition coefficient (Wildman–Crippen LogP) is 2.25. The second-order valence-electron chi connectivity index (χ2n) is 7.71. The molecule has 2 aliphatic heterocycles. The summed E-state index contributed by atoms with van der Waals surface area (Å²) in [5, 5.41) is 3.63. The van der Waals surface area contributed by atoms with Crippen molar-refractivity contribution in [3.63, 3.8) is 0 Å². The van der Waals surface area contributed by atoms with E-state index in [1.165, 1.54) is 17.1 Å². The van der Waals surface area contributed by atoms with Crippen LogP contribution in [0.1, 0.15) is 42.5 Å². The molecule has 1 aromatic carbocycles. The molecule has 0 spiro atoms. The van der Waals surface area contributed by atoms with Gasteiger partial charge < -0.3 is 10.2 Å². The van der Waals surface area contributed by atoms with Gasteiger partial charge in [-0.2, -0.15) is 0 Å². The first-order valence-corrected chi connectivity index (χ1v) is 11.3. The molecule has 1 aromatic rings. The van der Waals surface area contributed by atoms with Crippen LogP contribution < -0.4 is 9.62 Å². The molecule has 150 valence electrons.